The maximum Gasteiger partial charge on any atom is 0.305 e. The highest BCUT2D eigenvalue weighted by Crippen LogP contribution is 2.52. The SMILES string of the molecule is COC(=O)CCCC=C1CC2C(CC[C@@H]2C(=CCC2CCCCC2)O[Si](C)(C)C(C)(C)C)C1=O. The highest BCUT2D eigenvalue weighted by molar-refractivity contribution is 6.74. The normalized spacial score (nSPS) is 27.8. The third-order valence-electron chi connectivity index (χ3n) is 9.06. The molecule has 0 radical (unpaired) electrons. The van der Waals surface area contributed by atoms with Crippen LogP contribution in [0.1, 0.15) is 97.8 Å². The Morgan fingerprint density at radius 1 is 1.09 bits per heavy atom. The molecule has 4 nitrogen and oxygen atoms in total. The van der Waals surface area contributed by atoms with Gasteiger partial charge in [0, 0.05) is 18.3 Å². The van der Waals surface area contributed by atoms with Crippen LogP contribution in [0, 0.1) is 23.7 Å². The molecule has 0 N–H and O–H groups in total. The maximum atomic E-state index is 13.2. The van der Waals surface area contributed by atoms with Gasteiger partial charge in [-0.2, -0.15) is 0 Å². The van der Waals surface area contributed by atoms with Crippen LogP contribution in [0.25, 0.3) is 0 Å². The fourth-order valence-corrected chi connectivity index (χ4v) is 6.98. The van der Waals surface area contributed by atoms with Gasteiger partial charge in [-0.05, 0) is 80.1 Å². The van der Waals surface area contributed by atoms with E-state index in [1.807, 2.05) is 0 Å². The Hall–Kier alpha value is -1.36. The minimum Gasteiger partial charge on any atom is -0.547 e. The van der Waals surface area contributed by atoms with E-state index in [-0.39, 0.29) is 16.9 Å². The van der Waals surface area contributed by atoms with Crippen LogP contribution in [0.2, 0.25) is 18.1 Å². The Bertz CT molecular complexity index is 782. The predicted molar refractivity (Wildman–Crippen MR) is 141 cm³/mol. The molecule has 0 heterocycles. The van der Waals surface area contributed by atoms with Gasteiger partial charge < -0.3 is 9.16 Å². The number of esters is 1. The molecule has 3 atom stereocenters. The fourth-order valence-electron chi connectivity index (χ4n) is 5.85. The summed E-state index contributed by atoms with van der Waals surface area (Å²) in [4.78, 5) is 24.6. The van der Waals surface area contributed by atoms with Crippen LogP contribution in [0.15, 0.2) is 23.5 Å². The van der Waals surface area contributed by atoms with Crippen molar-refractivity contribution in [1.82, 2.24) is 0 Å². The molecule has 3 aliphatic rings. The van der Waals surface area contributed by atoms with Crippen molar-refractivity contribution in [3.63, 3.8) is 0 Å². The Morgan fingerprint density at radius 3 is 2.44 bits per heavy atom. The smallest absolute Gasteiger partial charge is 0.305 e. The molecule has 0 amide bonds. The first kappa shape index (κ1) is 27.2. The van der Waals surface area contributed by atoms with E-state index in [2.05, 4.69) is 46.0 Å². The number of Topliss-reactive ketones (excluding diaryl/α,β-unsaturated/α-hetero) is 1. The van der Waals surface area contributed by atoms with Crippen molar-refractivity contribution in [3.8, 4) is 0 Å². The van der Waals surface area contributed by atoms with Crippen LogP contribution in [0.3, 0.4) is 0 Å². The van der Waals surface area contributed by atoms with Crippen LogP contribution in [0.5, 0.6) is 0 Å². The number of fused-ring (bicyclic) bond motifs is 1. The Labute approximate surface area is 209 Å². The molecule has 0 aliphatic heterocycles. The zero-order valence-corrected chi connectivity index (χ0v) is 23.6. The highest BCUT2D eigenvalue weighted by Gasteiger charge is 2.49. The molecule has 0 aromatic heterocycles. The van der Waals surface area contributed by atoms with E-state index in [0.29, 0.717) is 24.0 Å². The van der Waals surface area contributed by atoms with Crippen LogP contribution < -0.4 is 0 Å². The highest BCUT2D eigenvalue weighted by atomic mass is 28.4. The number of hydrogen-bond acceptors (Lipinski definition) is 4. The fraction of sp³-hybridized carbons (Fsp3) is 0.793. The Morgan fingerprint density at radius 2 is 1.79 bits per heavy atom. The molecular formula is C29H48O4Si. The molecule has 3 rings (SSSR count). The topological polar surface area (TPSA) is 52.6 Å². The number of unbranched alkanes of at least 4 members (excludes halogenated alkanes) is 1. The zero-order valence-electron chi connectivity index (χ0n) is 22.6. The summed E-state index contributed by atoms with van der Waals surface area (Å²) in [7, 11) is -0.528. The quantitative estimate of drug-likeness (QED) is 0.109. The number of rotatable bonds is 9. The lowest BCUT2D eigenvalue weighted by atomic mass is 9.85. The van der Waals surface area contributed by atoms with Gasteiger partial charge in [-0.3, -0.25) is 9.59 Å². The average Bonchev–Trinajstić information content (AvgIpc) is 3.34. The summed E-state index contributed by atoms with van der Waals surface area (Å²) in [6.07, 6.45) is 17.3. The molecule has 192 valence electrons. The number of hydrogen-bond donors (Lipinski definition) is 0. The van der Waals surface area contributed by atoms with E-state index in [4.69, 9.17) is 9.16 Å². The minimum atomic E-state index is -1.95. The van der Waals surface area contributed by atoms with E-state index in [0.717, 1.165) is 50.0 Å². The third kappa shape index (κ3) is 6.64. The second-order valence-electron chi connectivity index (χ2n) is 12.4. The summed E-state index contributed by atoms with van der Waals surface area (Å²) in [5, 5.41) is 0.158. The van der Waals surface area contributed by atoms with Gasteiger partial charge in [0.2, 0.25) is 8.32 Å². The minimum absolute atomic E-state index is 0.151. The molecule has 5 heteroatoms. The largest absolute Gasteiger partial charge is 0.547 e. The number of methoxy groups -OCH3 is 1. The third-order valence-corrected chi connectivity index (χ3v) is 13.4. The van der Waals surface area contributed by atoms with Crippen molar-refractivity contribution in [2.75, 3.05) is 7.11 Å². The van der Waals surface area contributed by atoms with Crippen LogP contribution in [-0.4, -0.2) is 27.2 Å². The first-order valence-corrected chi connectivity index (χ1v) is 16.6. The number of carbonyl (C=O) groups is 2. The lowest BCUT2D eigenvalue weighted by Crippen LogP contribution is -2.41. The second kappa shape index (κ2) is 11.6. The van der Waals surface area contributed by atoms with E-state index in [1.54, 1.807) is 0 Å². The molecule has 3 saturated carbocycles. The predicted octanol–water partition coefficient (Wildman–Crippen LogP) is 7.75. The van der Waals surface area contributed by atoms with Crippen molar-refractivity contribution in [3.05, 3.63) is 23.5 Å². The van der Waals surface area contributed by atoms with Gasteiger partial charge in [0.05, 0.1) is 12.9 Å². The van der Waals surface area contributed by atoms with Gasteiger partial charge >= 0.3 is 5.97 Å². The van der Waals surface area contributed by atoms with E-state index in [9.17, 15) is 9.59 Å². The molecular weight excluding hydrogens is 440 g/mol. The van der Waals surface area contributed by atoms with Crippen LogP contribution in [0.4, 0.5) is 0 Å². The van der Waals surface area contributed by atoms with Gasteiger partial charge in [0.25, 0.3) is 0 Å². The number of carbonyl (C=O) groups excluding carboxylic acids is 2. The Balaban J connectivity index is 1.74. The summed E-state index contributed by atoms with van der Waals surface area (Å²) in [5.41, 5.74) is 0.989. The first-order valence-electron chi connectivity index (χ1n) is 13.7. The summed E-state index contributed by atoms with van der Waals surface area (Å²) < 4.78 is 11.7. The van der Waals surface area contributed by atoms with Crippen LogP contribution >= 0.6 is 0 Å². The van der Waals surface area contributed by atoms with Crippen molar-refractivity contribution in [1.29, 1.82) is 0 Å². The van der Waals surface area contributed by atoms with Crippen LogP contribution in [-0.2, 0) is 18.8 Å². The lowest BCUT2D eigenvalue weighted by molar-refractivity contribution is -0.140. The number of allylic oxidation sites excluding steroid dienone is 4. The van der Waals surface area contributed by atoms with E-state index >= 15 is 0 Å². The molecule has 34 heavy (non-hydrogen) atoms. The first-order chi connectivity index (χ1) is 16.0. The molecule has 3 fully saturated rings. The van der Waals surface area contributed by atoms with Crippen molar-refractivity contribution in [2.45, 2.75) is 116 Å². The summed E-state index contributed by atoms with van der Waals surface area (Å²) in [5.74, 6) is 3.07. The zero-order chi connectivity index (χ0) is 24.9. The van der Waals surface area contributed by atoms with Gasteiger partial charge in [-0.25, -0.2) is 0 Å². The summed E-state index contributed by atoms with van der Waals surface area (Å²) in [6.45, 7) is 11.6. The molecule has 2 unspecified atom stereocenters. The Kier molecular flexibility index (Phi) is 9.27. The van der Waals surface area contributed by atoms with Gasteiger partial charge in [0.1, 0.15) is 0 Å². The summed E-state index contributed by atoms with van der Waals surface area (Å²) >= 11 is 0. The molecule has 3 aliphatic carbocycles. The molecule has 0 saturated heterocycles. The van der Waals surface area contributed by atoms with Gasteiger partial charge in [-0.1, -0.05) is 59.0 Å². The number of ketones is 1. The second-order valence-corrected chi connectivity index (χ2v) is 17.2. The van der Waals surface area contributed by atoms with Gasteiger partial charge in [0.15, 0.2) is 5.78 Å². The van der Waals surface area contributed by atoms with E-state index < -0.39 is 8.32 Å². The molecule has 0 aromatic carbocycles. The lowest BCUT2D eigenvalue weighted by Gasteiger charge is -2.39. The van der Waals surface area contributed by atoms with Crippen molar-refractivity contribution >= 4 is 20.1 Å². The maximum absolute atomic E-state index is 13.2. The average molecular weight is 489 g/mol. The molecule has 0 spiro atoms. The standard InChI is InChI=1S/C29H48O4Si/c1-29(2,3)34(5,6)33-26(19-16-21-12-8-7-9-13-21)23-17-18-24-25(23)20-22(28(24)31)14-10-11-15-27(30)32-4/h14,19,21,23-25H,7-13,15-18,20H2,1-6H3/t23-,24?,25?/m0/s1. The van der Waals surface area contributed by atoms with Crippen molar-refractivity contribution < 1.29 is 18.8 Å². The monoisotopic (exact) mass is 488 g/mol. The van der Waals surface area contributed by atoms with E-state index in [1.165, 1.54) is 45.0 Å². The number of ether oxygens (including phenoxy) is 1. The van der Waals surface area contributed by atoms with Gasteiger partial charge in [-0.15, -0.1) is 0 Å². The van der Waals surface area contributed by atoms with Crippen molar-refractivity contribution in [2.24, 2.45) is 23.7 Å². The molecule has 0 aromatic rings. The molecule has 0 bridgehead atoms. The summed E-state index contributed by atoms with van der Waals surface area (Å²) in [6, 6.07) is 0.